The summed E-state index contributed by atoms with van der Waals surface area (Å²) in [4.78, 5) is 26.1. The lowest BCUT2D eigenvalue weighted by Crippen LogP contribution is -2.64. The predicted octanol–water partition coefficient (Wildman–Crippen LogP) is 2.59. The molecule has 5 atom stereocenters. The molecule has 8 nitrogen and oxygen atoms in total. The van der Waals surface area contributed by atoms with E-state index in [0.717, 1.165) is 35.4 Å². The average Bonchev–Trinajstić information content (AvgIpc) is 3.34. The number of aliphatic carboxylic acids is 1. The molecule has 9 heteroatoms. The third kappa shape index (κ3) is 3.23. The quantitative estimate of drug-likeness (QED) is 0.591. The molecular weight excluding hydrogens is 416 g/mol. The fourth-order valence-electron chi connectivity index (χ4n) is 5.42. The van der Waals surface area contributed by atoms with Crippen LogP contribution in [0.3, 0.4) is 0 Å². The molecule has 2 fully saturated rings. The van der Waals surface area contributed by atoms with Crippen LogP contribution in [0.2, 0.25) is 0 Å². The molecule has 2 aliphatic heterocycles. The lowest BCUT2D eigenvalue weighted by Gasteiger charge is -2.47. The maximum absolute atomic E-state index is 12.6. The van der Waals surface area contributed by atoms with E-state index >= 15 is 0 Å². The van der Waals surface area contributed by atoms with Gasteiger partial charge in [-0.15, -0.1) is 10.2 Å². The Morgan fingerprint density at radius 1 is 1.29 bits per heavy atom. The van der Waals surface area contributed by atoms with E-state index in [2.05, 4.69) is 15.5 Å². The Bertz CT molecular complexity index is 1050. The lowest BCUT2D eigenvalue weighted by molar-refractivity contribution is -0.163. The van der Waals surface area contributed by atoms with E-state index in [1.54, 1.807) is 6.92 Å². The van der Waals surface area contributed by atoms with Crippen LogP contribution in [0.25, 0.3) is 10.6 Å². The first-order valence-corrected chi connectivity index (χ1v) is 11.4. The summed E-state index contributed by atoms with van der Waals surface area (Å²) in [6.45, 7) is 2.15. The molecule has 1 aromatic carbocycles. The van der Waals surface area contributed by atoms with E-state index in [1.165, 1.54) is 16.2 Å². The maximum Gasteiger partial charge on any atom is 0.352 e. The summed E-state index contributed by atoms with van der Waals surface area (Å²) in [5.41, 5.74) is 1.98. The van der Waals surface area contributed by atoms with Crippen molar-refractivity contribution in [2.24, 2.45) is 17.8 Å². The zero-order valence-corrected chi connectivity index (χ0v) is 17.9. The number of β-lactam (4-membered cyclic amide) rings is 1. The van der Waals surface area contributed by atoms with Crippen molar-refractivity contribution in [2.75, 3.05) is 11.9 Å². The normalized spacial score (nSPS) is 28.1. The van der Waals surface area contributed by atoms with Gasteiger partial charge in [-0.05, 0) is 25.3 Å². The van der Waals surface area contributed by atoms with Crippen LogP contribution in [0.15, 0.2) is 41.6 Å². The smallest absolute Gasteiger partial charge is 0.352 e. The third-order valence-electron chi connectivity index (χ3n) is 6.69. The number of carbonyl (C=O) groups excluding carboxylic acids is 1. The third-order valence-corrected chi connectivity index (χ3v) is 7.62. The number of anilines is 1. The number of hydrogen-bond acceptors (Lipinski definition) is 7. The minimum atomic E-state index is -1.06. The van der Waals surface area contributed by atoms with E-state index < -0.39 is 18.0 Å². The van der Waals surface area contributed by atoms with Gasteiger partial charge < -0.3 is 20.4 Å². The molecule has 1 saturated carbocycles. The van der Waals surface area contributed by atoms with Gasteiger partial charge in [0.2, 0.25) is 11.0 Å². The number of carboxylic acid groups (broad SMARTS) is 1. The van der Waals surface area contributed by atoms with E-state index in [4.69, 9.17) is 0 Å². The summed E-state index contributed by atoms with van der Waals surface area (Å²) in [6, 6.07) is 9.60. The highest BCUT2D eigenvalue weighted by atomic mass is 32.1. The average molecular weight is 441 g/mol. The molecular formula is C22H24N4O4S. The Labute approximate surface area is 183 Å². The molecule has 3 aliphatic rings. The second-order valence-corrected chi connectivity index (χ2v) is 9.45. The number of aliphatic hydroxyl groups excluding tert-OH is 1. The van der Waals surface area contributed by atoms with Crippen LogP contribution in [-0.4, -0.2) is 55.9 Å². The van der Waals surface area contributed by atoms with Gasteiger partial charge in [-0.1, -0.05) is 48.1 Å². The number of aliphatic hydroxyl groups is 1. The standard InChI is InChI=1S/C22H24N4O4S/c1-11(27)15-17-14-9-5-8-13(16(14)18(21(29)30)26(17)20(15)28)10-23-22-25-24-19(31-22)12-6-3-2-4-7-12/h2-4,6-7,11,13-15,17,27H,5,8-10H2,1H3,(H,23,25)(H,29,30)/t11-,13+,14+,15-,17-/m1/s1. The number of amides is 1. The van der Waals surface area contributed by atoms with Crippen molar-refractivity contribution in [1.29, 1.82) is 0 Å². The molecule has 1 amide bonds. The molecule has 0 spiro atoms. The molecule has 1 aliphatic carbocycles. The van der Waals surface area contributed by atoms with Gasteiger partial charge in [-0.2, -0.15) is 0 Å². The second-order valence-electron chi connectivity index (χ2n) is 8.47. The second kappa shape index (κ2) is 7.72. The van der Waals surface area contributed by atoms with Crippen molar-refractivity contribution in [1.82, 2.24) is 15.1 Å². The maximum atomic E-state index is 12.6. The minimum Gasteiger partial charge on any atom is -0.477 e. The molecule has 1 saturated heterocycles. The zero-order chi connectivity index (χ0) is 21.7. The Morgan fingerprint density at radius 2 is 2.06 bits per heavy atom. The fraction of sp³-hybridized carbons (Fsp3) is 0.455. The van der Waals surface area contributed by atoms with E-state index in [-0.39, 0.29) is 29.5 Å². The molecule has 1 aromatic heterocycles. The molecule has 5 rings (SSSR count). The van der Waals surface area contributed by atoms with Crippen LogP contribution in [0.1, 0.15) is 26.2 Å². The number of rotatable bonds is 6. The Kier molecular flexibility index (Phi) is 5.02. The van der Waals surface area contributed by atoms with Gasteiger partial charge in [0.25, 0.3) is 0 Å². The van der Waals surface area contributed by atoms with E-state index in [1.807, 2.05) is 30.3 Å². The monoisotopic (exact) mass is 440 g/mol. The van der Waals surface area contributed by atoms with Gasteiger partial charge in [0.15, 0.2) is 0 Å². The minimum absolute atomic E-state index is 0.00162. The largest absolute Gasteiger partial charge is 0.477 e. The molecule has 31 heavy (non-hydrogen) atoms. The fourth-order valence-corrected chi connectivity index (χ4v) is 6.17. The van der Waals surface area contributed by atoms with E-state index in [0.29, 0.717) is 11.7 Å². The van der Waals surface area contributed by atoms with Gasteiger partial charge in [0, 0.05) is 23.9 Å². The predicted molar refractivity (Wildman–Crippen MR) is 115 cm³/mol. The Balaban J connectivity index is 1.37. The van der Waals surface area contributed by atoms with Crippen LogP contribution in [0.5, 0.6) is 0 Å². The molecule has 0 unspecified atom stereocenters. The number of benzene rings is 1. The summed E-state index contributed by atoms with van der Waals surface area (Å²) in [5, 5.41) is 33.3. The summed E-state index contributed by atoms with van der Waals surface area (Å²) in [7, 11) is 0. The van der Waals surface area contributed by atoms with Gasteiger partial charge in [0.05, 0.1) is 18.1 Å². The van der Waals surface area contributed by atoms with Gasteiger partial charge >= 0.3 is 5.97 Å². The summed E-state index contributed by atoms with van der Waals surface area (Å²) < 4.78 is 0. The summed E-state index contributed by atoms with van der Waals surface area (Å²) in [5.74, 6) is -1.85. The first-order chi connectivity index (χ1) is 15.0. The summed E-state index contributed by atoms with van der Waals surface area (Å²) in [6.07, 6.45) is 1.88. The van der Waals surface area contributed by atoms with Crippen LogP contribution < -0.4 is 5.32 Å². The first kappa shape index (κ1) is 20.1. The number of nitrogens with zero attached hydrogens (tertiary/aromatic N) is 3. The van der Waals surface area contributed by atoms with Crippen LogP contribution in [0.4, 0.5) is 5.13 Å². The molecule has 0 radical (unpaired) electrons. The van der Waals surface area contributed by atoms with Crippen molar-refractivity contribution in [2.45, 2.75) is 38.3 Å². The van der Waals surface area contributed by atoms with Crippen molar-refractivity contribution < 1.29 is 19.8 Å². The van der Waals surface area contributed by atoms with Crippen molar-refractivity contribution >= 4 is 28.3 Å². The topological polar surface area (TPSA) is 116 Å². The molecule has 3 heterocycles. The highest BCUT2D eigenvalue weighted by Gasteiger charge is 2.62. The highest BCUT2D eigenvalue weighted by molar-refractivity contribution is 7.18. The van der Waals surface area contributed by atoms with Crippen LogP contribution in [-0.2, 0) is 9.59 Å². The molecule has 0 bridgehead atoms. The Morgan fingerprint density at radius 3 is 2.77 bits per heavy atom. The van der Waals surface area contributed by atoms with Crippen LogP contribution in [0, 0.1) is 17.8 Å². The number of carboxylic acids is 1. The van der Waals surface area contributed by atoms with Crippen molar-refractivity contribution in [3.8, 4) is 10.6 Å². The number of hydrogen-bond donors (Lipinski definition) is 3. The van der Waals surface area contributed by atoms with Gasteiger partial charge in [-0.3, -0.25) is 4.79 Å². The van der Waals surface area contributed by atoms with Crippen molar-refractivity contribution in [3.63, 3.8) is 0 Å². The first-order valence-electron chi connectivity index (χ1n) is 10.6. The number of aromatic nitrogens is 2. The molecule has 162 valence electrons. The molecule has 3 N–H and O–H groups in total. The van der Waals surface area contributed by atoms with Crippen molar-refractivity contribution in [3.05, 3.63) is 41.6 Å². The molecule has 2 aromatic rings. The van der Waals surface area contributed by atoms with Gasteiger partial charge in [0.1, 0.15) is 10.7 Å². The lowest BCUT2D eigenvalue weighted by atomic mass is 9.69. The zero-order valence-electron chi connectivity index (χ0n) is 17.1. The van der Waals surface area contributed by atoms with Gasteiger partial charge in [-0.25, -0.2) is 4.79 Å². The SMILES string of the molecule is C[C@@H](O)[C@H]1C(=O)N2C(C(=O)O)=C3[C@H](CNc4nnc(-c5ccccc5)s4)CCC[C@@H]3[C@H]12. The Hall–Kier alpha value is -2.78. The number of fused-ring (bicyclic) bond motifs is 3. The number of nitrogens with one attached hydrogen (secondary N) is 1. The van der Waals surface area contributed by atoms with E-state index in [9.17, 15) is 19.8 Å². The number of carbonyl (C=O) groups is 2. The highest BCUT2D eigenvalue weighted by Crippen LogP contribution is 2.53. The van der Waals surface area contributed by atoms with Crippen LogP contribution >= 0.6 is 11.3 Å². The summed E-state index contributed by atoms with van der Waals surface area (Å²) >= 11 is 1.46.